The van der Waals surface area contributed by atoms with Crippen LogP contribution in [0, 0.1) is 0 Å². The summed E-state index contributed by atoms with van der Waals surface area (Å²) >= 11 is 1.89. The largest absolute Gasteiger partial charge is 0.482 e. The Bertz CT molecular complexity index is 3110. The molecule has 12 rings (SSSR count). The Kier molecular flexibility index (Phi) is 7.18. The van der Waals surface area contributed by atoms with Gasteiger partial charge >= 0.3 is 0 Å². The summed E-state index contributed by atoms with van der Waals surface area (Å²) in [6.45, 7) is 0. The van der Waals surface area contributed by atoms with Gasteiger partial charge in [0.05, 0.1) is 22.5 Å². The van der Waals surface area contributed by atoms with Gasteiger partial charge < -0.3 is 14.2 Å². The molecule has 4 unspecified atom stereocenters. The highest BCUT2D eigenvalue weighted by atomic mass is 32.1. The fraction of sp³-hybridized carbons (Fsp3) is 0.115. The number of benzene rings is 6. The van der Waals surface area contributed by atoms with E-state index in [4.69, 9.17) is 4.74 Å². The summed E-state index contributed by atoms with van der Waals surface area (Å²) in [7, 11) is 0. The SMILES string of the molecule is C1=CCC(n2c3ccccc3c3ccc(C4C=CC(N(c5cccc6c5sc5ccccc56)C5C=CC=C6c7ccc8ccccc8c7OC65)=CC4)cc32)C=C1. The summed E-state index contributed by atoms with van der Waals surface area (Å²) in [6, 6.07) is 45.0. The molecule has 0 fully saturated rings. The number of aromatic nitrogens is 1. The van der Waals surface area contributed by atoms with Gasteiger partial charge in [0.25, 0.3) is 0 Å². The van der Waals surface area contributed by atoms with Gasteiger partial charge in [0.1, 0.15) is 11.9 Å². The number of rotatable bonds is 5. The second-order valence-electron chi connectivity index (χ2n) is 15.4. The number of hydrogen-bond donors (Lipinski definition) is 0. The zero-order valence-electron chi connectivity index (χ0n) is 30.8. The van der Waals surface area contributed by atoms with Crippen molar-refractivity contribution in [3.8, 4) is 5.75 Å². The number of ether oxygens (including phenoxy) is 1. The van der Waals surface area contributed by atoms with Crippen LogP contribution in [0.1, 0.15) is 35.9 Å². The third-order valence-electron chi connectivity index (χ3n) is 12.4. The Morgan fingerprint density at radius 2 is 1.50 bits per heavy atom. The van der Waals surface area contributed by atoms with Gasteiger partial charge in [0, 0.05) is 65.4 Å². The van der Waals surface area contributed by atoms with Crippen molar-refractivity contribution in [1.29, 1.82) is 0 Å². The molecule has 4 heteroatoms. The molecule has 0 N–H and O–H groups in total. The van der Waals surface area contributed by atoms with Gasteiger partial charge in [-0.25, -0.2) is 0 Å². The molecule has 1 aliphatic heterocycles. The minimum absolute atomic E-state index is 0.0471. The predicted molar refractivity (Wildman–Crippen MR) is 237 cm³/mol. The molecule has 6 aromatic carbocycles. The zero-order valence-corrected chi connectivity index (χ0v) is 31.6. The van der Waals surface area contributed by atoms with Crippen molar-refractivity contribution in [1.82, 2.24) is 4.57 Å². The van der Waals surface area contributed by atoms with Crippen LogP contribution in [0.15, 0.2) is 188 Å². The lowest BCUT2D eigenvalue weighted by molar-refractivity contribution is 0.259. The van der Waals surface area contributed by atoms with Crippen LogP contribution in [0.2, 0.25) is 0 Å². The van der Waals surface area contributed by atoms with Crippen LogP contribution in [0.4, 0.5) is 5.69 Å². The van der Waals surface area contributed by atoms with Gasteiger partial charge in [-0.15, -0.1) is 11.3 Å². The van der Waals surface area contributed by atoms with Crippen molar-refractivity contribution in [2.45, 2.75) is 36.9 Å². The maximum atomic E-state index is 7.10. The van der Waals surface area contributed by atoms with E-state index >= 15 is 0 Å². The first-order valence-electron chi connectivity index (χ1n) is 19.8. The first kappa shape index (κ1) is 31.9. The maximum absolute atomic E-state index is 7.10. The smallest absolute Gasteiger partial charge is 0.149 e. The maximum Gasteiger partial charge on any atom is 0.149 e. The highest BCUT2D eigenvalue weighted by Crippen LogP contribution is 2.49. The van der Waals surface area contributed by atoms with Crippen molar-refractivity contribution < 1.29 is 4.74 Å². The summed E-state index contributed by atoms with van der Waals surface area (Å²) in [4.78, 5) is 2.57. The standard InChI is InChI=1S/C52H38N2OS/c1-2-13-36(14-3-1)53-45-20-8-6-16-39(45)40-30-27-35(32-48(40)53)33-24-28-37(29-25-33)54(47-22-11-19-44-41-17-7-9-23-49(41)56-52(44)47)46-21-10-18-42-43-31-26-34-12-4-5-15-38(34)50(43)55-51(42)46/h1-13,15-24,26-33,36,46,51H,14,25H2. The average molecular weight is 739 g/mol. The molecule has 0 bridgehead atoms. The third-order valence-corrected chi connectivity index (χ3v) is 13.6. The van der Waals surface area contributed by atoms with E-state index in [0.717, 1.165) is 18.6 Å². The molecule has 3 heterocycles. The minimum atomic E-state index is -0.148. The molecular weight excluding hydrogens is 701 g/mol. The summed E-state index contributed by atoms with van der Waals surface area (Å²) in [5.41, 5.74) is 8.84. The number of fused-ring (bicyclic) bond motifs is 11. The molecular formula is C52H38N2OS. The Labute approximate surface area is 329 Å². The summed E-state index contributed by atoms with van der Waals surface area (Å²) in [5.74, 6) is 1.27. The molecule has 0 amide bonds. The first-order chi connectivity index (χ1) is 27.8. The van der Waals surface area contributed by atoms with E-state index in [0.29, 0.717) is 6.04 Å². The third kappa shape index (κ3) is 4.82. The molecule has 3 nitrogen and oxygen atoms in total. The second-order valence-corrected chi connectivity index (χ2v) is 16.5. The van der Waals surface area contributed by atoms with E-state index in [1.807, 2.05) is 11.3 Å². The number of thiophene rings is 1. The molecule has 3 aliphatic carbocycles. The summed E-state index contributed by atoms with van der Waals surface area (Å²) < 4.78 is 12.3. The lowest BCUT2D eigenvalue weighted by Gasteiger charge is -2.38. The van der Waals surface area contributed by atoms with E-state index in [1.165, 1.54) is 80.8 Å². The van der Waals surface area contributed by atoms with E-state index < -0.39 is 0 Å². The fourth-order valence-corrected chi connectivity index (χ4v) is 11.0. The second kappa shape index (κ2) is 12.6. The number of nitrogens with zero attached hydrogens (tertiary/aromatic N) is 2. The minimum Gasteiger partial charge on any atom is -0.482 e. The van der Waals surface area contributed by atoms with Gasteiger partial charge in [-0.3, -0.25) is 0 Å². The number of para-hydroxylation sites is 1. The van der Waals surface area contributed by atoms with Crippen LogP contribution in [0.3, 0.4) is 0 Å². The number of hydrogen-bond acceptors (Lipinski definition) is 3. The van der Waals surface area contributed by atoms with E-state index in [2.05, 4.69) is 192 Å². The molecule has 0 saturated carbocycles. The van der Waals surface area contributed by atoms with Crippen LogP contribution < -0.4 is 9.64 Å². The molecule has 0 spiro atoms. The molecule has 0 radical (unpaired) electrons. The lowest BCUT2D eigenvalue weighted by Crippen LogP contribution is -2.44. The Morgan fingerprint density at radius 1 is 0.661 bits per heavy atom. The molecule has 2 aromatic heterocycles. The lowest BCUT2D eigenvalue weighted by atomic mass is 9.88. The van der Waals surface area contributed by atoms with Crippen molar-refractivity contribution >= 4 is 75.3 Å². The van der Waals surface area contributed by atoms with Gasteiger partial charge in [-0.05, 0) is 54.1 Å². The van der Waals surface area contributed by atoms with Gasteiger partial charge in [0.2, 0.25) is 0 Å². The molecule has 56 heavy (non-hydrogen) atoms. The topological polar surface area (TPSA) is 17.4 Å². The number of allylic oxidation sites excluding steroid dienone is 9. The monoisotopic (exact) mass is 738 g/mol. The van der Waals surface area contributed by atoms with Gasteiger partial charge in [-0.1, -0.05) is 152 Å². The zero-order chi connectivity index (χ0) is 36.7. The van der Waals surface area contributed by atoms with Crippen LogP contribution in [0.25, 0.3) is 58.3 Å². The van der Waals surface area contributed by atoms with Gasteiger partial charge in [-0.2, -0.15) is 0 Å². The fourth-order valence-electron chi connectivity index (χ4n) is 9.77. The van der Waals surface area contributed by atoms with Crippen molar-refractivity contribution in [3.63, 3.8) is 0 Å². The van der Waals surface area contributed by atoms with Crippen LogP contribution in [-0.2, 0) is 0 Å². The highest BCUT2D eigenvalue weighted by Gasteiger charge is 2.40. The summed E-state index contributed by atoms with van der Waals surface area (Å²) in [6.07, 6.45) is 24.9. The predicted octanol–water partition coefficient (Wildman–Crippen LogP) is 13.6. The Balaban J connectivity index is 0.958. The van der Waals surface area contributed by atoms with Crippen LogP contribution >= 0.6 is 11.3 Å². The molecule has 268 valence electrons. The first-order valence-corrected chi connectivity index (χ1v) is 20.6. The molecule has 4 aliphatic rings. The van der Waals surface area contributed by atoms with Gasteiger partial charge in [0.15, 0.2) is 0 Å². The van der Waals surface area contributed by atoms with E-state index in [1.54, 1.807) is 0 Å². The van der Waals surface area contributed by atoms with Crippen molar-refractivity contribution in [2.75, 3.05) is 4.90 Å². The highest BCUT2D eigenvalue weighted by molar-refractivity contribution is 7.26. The van der Waals surface area contributed by atoms with Crippen molar-refractivity contribution in [3.05, 3.63) is 199 Å². The molecule has 4 atom stereocenters. The van der Waals surface area contributed by atoms with E-state index in [9.17, 15) is 0 Å². The van der Waals surface area contributed by atoms with E-state index in [-0.39, 0.29) is 18.1 Å². The normalized spacial score (nSPS) is 21.1. The Hall–Kier alpha value is -6.36. The number of anilines is 1. The van der Waals surface area contributed by atoms with Crippen LogP contribution in [-0.4, -0.2) is 16.7 Å². The quantitative estimate of drug-likeness (QED) is 0.175. The molecule has 8 aromatic rings. The Morgan fingerprint density at radius 3 is 2.39 bits per heavy atom. The van der Waals surface area contributed by atoms with Crippen molar-refractivity contribution in [2.24, 2.45) is 0 Å². The molecule has 0 saturated heterocycles. The average Bonchev–Trinajstić information content (AvgIpc) is 3.95. The van der Waals surface area contributed by atoms with Crippen LogP contribution in [0.5, 0.6) is 5.75 Å². The summed E-state index contributed by atoms with van der Waals surface area (Å²) in [5, 5.41) is 7.63.